The van der Waals surface area contributed by atoms with Crippen LogP contribution in [0.25, 0.3) is 0 Å². The van der Waals surface area contributed by atoms with Crippen molar-refractivity contribution in [2.24, 2.45) is 5.92 Å². The van der Waals surface area contributed by atoms with E-state index >= 15 is 0 Å². The van der Waals surface area contributed by atoms with E-state index in [1.54, 1.807) is 6.33 Å². The Morgan fingerprint density at radius 3 is 2.75 bits per heavy atom. The first kappa shape index (κ1) is 11.2. The summed E-state index contributed by atoms with van der Waals surface area (Å²) in [6, 6.07) is 2.50. The molecule has 0 radical (unpaired) electrons. The topological polar surface area (TPSA) is 41.0 Å². The Hall–Kier alpha value is -1.32. The van der Waals surface area contributed by atoms with Crippen molar-refractivity contribution < 1.29 is 0 Å². The molecule has 1 saturated carbocycles. The molecule has 0 bridgehead atoms. The van der Waals surface area contributed by atoms with Crippen LogP contribution in [0, 0.1) is 5.92 Å². The largest absolute Gasteiger partial charge is 0.373 e. The van der Waals surface area contributed by atoms with Crippen LogP contribution in [-0.4, -0.2) is 29.6 Å². The predicted octanol–water partition coefficient (Wildman–Crippen LogP) is 2.14. The van der Waals surface area contributed by atoms with Gasteiger partial charge in [-0.3, -0.25) is 0 Å². The summed E-state index contributed by atoms with van der Waals surface area (Å²) in [5.41, 5.74) is 0. The summed E-state index contributed by atoms with van der Waals surface area (Å²) in [6.45, 7) is 5.55. The summed E-state index contributed by atoms with van der Waals surface area (Å²) in [6.07, 6.45) is 4.36. The SMILES string of the molecule is CNc1cc(N(CC2CC2)C(C)C)ncn1. The van der Waals surface area contributed by atoms with Gasteiger partial charge in [-0.15, -0.1) is 0 Å². The highest BCUT2D eigenvalue weighted by atomic mass is 15.2. The minimum atomic E-state index is 0.486. The lowest BCUT2D eigenvalue weighted by Gasteiger charge is -2.27. The van der Waals surface area contributed by atoms with Gasteiger partial charge in [0.2, 0.25) is 0 Å². The van der Waals surface area contributed by atoms with Crippen LogP contribution >= 0.6 is 0 Å². The van der Waals surface area contributed by atoms with Gasteiger partial charge in [-0.05, 0) is 32.6 Å². The van der Waals surface area contributed by atoms with Crippen LogP contribution in [0.1, 0.15) is 26.7 Å². The molecule has 0 spiro atoms. The van der Waals surface area contributed by atoms with Gasteiger partial charge < -0.3 is 10.2 Å². The maximum Gasteiger partial charge on any atom is 0.134 e. The third-order valence-corrected chi connectivity index (χ3v) is 2.98. The van der Waals surface area contributed by atoms with E-state index in [0.29, 0.717) is 6.04 Å². The predicted molar refractivity (Wildman–Crippen MR) is 66.8 cm³/mol. The highest BCUT2D eigenvalue weighted by Gasteiger charge is 2.26. The Balaban J connectivity index is 2.15. The van der Waals surface area contributed by atoms with E-state index in [2.05, 4.69) is 34.0 Å². The van der Waals surface area contributed by atoms with Crippen molar-refractivity contribution in [2.45, 2.75) is 32.7 Å². The summed E-state index contributed by atoms with van der Waals surface area (Å²) < 4.78 is 0. The molecular weight excluding hydrogens is 200 g/mol. The average Bonchev–Trinajstić information content (AvgIpc) is 3.09. The van der Waals surface area contributed by atoms with E-state index in [1.807, 2.05) is 13.1 Å². The second-order valence-electron chi connectivity index (χ2n) is 4.70. The number of rotatable bonds is 5. The number of nitrogens with one attached hydrogen (secondary N) is 1. The van der Waals surface area contributed by atoms with E-state index in [9.17, 15) is 0 Å². The lowest BCUT2D eigenvalue weighted by molar-refractivity contribution is 0.636. The van der Waals surface area contributed by atoms with E-state index in [0.717, 1.165) is 24.1 Å². The third kappa shape index (κ3) is 2.62. The molecule has 1 aromatic heterocycles. The molecule has 0 saturated heterocycles. The summed E-state index contributed by atoms with van der Waals surface area (Å²) >= 11 is 0. The van der Waals surface area contributed by atoms with Crippen molar-refractivity contribution >= 4 is 11.6 Å². The quantitative estimate of drug-likeness (QED) is 0.825. The molecule has 1 aromatic rings. The Labute approximate surface area is 97.1 Å². The molecule has 2 rings (SSSR count). The van der Waals surface area contributed by atoms with Crippen molar-refractivity contribution in [3.05, 3.63) is 12.4 Å². The van der Waals surface area contributed by atoms with Gasteiger partial charge in [0.15, 0.2) is 0 Å². The Morgan fingerprint density at radius 1 is 1.44 bits per heavy atom. The normalized spacial score (nSPS) is 15.2. The van der Waals surface area contributed by atoms with Crippen molar-refractivity contribution in [1.82, 2.24) is 9.97 Å². The molecule has 1 N–H and O–H groups in total. The van der Waals surface area contributed by atoms with Crippen LogP contribution in [0.4, 0.5) is 11.6 Å². The van der Waals surface area contributed by atoms with Gasteiger partial charge in [0, 0.05) is 25.7 Å². The van der Waals surface area contributed by atoms with Gasteiger partial charge in [-0.1, -0.05) is 0 Å². The van der Waals surface area contributed by atoms with Crippen LogP contribution in [0.15, 0.2) is 12.4 Å². The van der Waals surface area contributed by atoms with Gasteiger partial charge in [-0.2, -0.15) is 0 Å². The van der Waals surface area contributed by atoms with E-state index in [-0.39, 0.29) is 0 Å². The lowest BCUT2D eigenvalue weighted by atomic mass is 10.2. The monoisotopic (exact) mass is 220 g/mol. The van der Waals surface area contributed by atoms with Crippen LogP contribution in [0.3, 0.4) is 0 Å². The third-order valence-electron chi connectivity index (χ3n) is 2.98. The minimum Gasteiger partial charge on any atom is -0.373 e. The maximum atomic E-state index is 4.36. The fourth-order valence-corrected chi connectivity index (χ4v) is 1.79. The molecule has 0 aliphatic heterocycles. The van der Waals surface area contributed by atoms with Gasteiger partial charge in [-0.25, -0.2) is 9.97 Å². The molecular formula is C12H20N4. The highest BCUT2D eigenvalue weighted by molar-refractivity contribution is 5.48. The molecule has 0 amide bonds. The molecule has 88 valence electrons. The molecule has 1 aliphatic carbocycles. The Kier molecular flexibility index (Phi) is 3.27. The molecule has 16 heavy (non-hydrogen) atoms. The second-order valence-corrected chi connectivity index (χ2v) is 4.70. The highest BCUT2D eigenvalue weighted by Crippen LogP contribution is 2.31. The van der Waals surface area contributed by atoms with Crippen molar-refractivity contribution in [1.29, 1.82) is 0 Å². The van der Waals surface area contributed by atoms with E-state index < -0.39 is 0 Å². The van der Waals surface area contributed by atoms with Crippen LogP contribution in [0.5, 0.6) is 0 Å². The molecule has 1 heterocycles. The number of nitrogens with zero attached hydrogens (tertiary/aromatic N) is 3. The van der Waals surface area contributed by atoms with Gasteiger partial charge in [0.25, 0.3) is 0 Å². The van der Waals surface area contributed by atoms with Gasteiger partial charge in [0.05, 0.1) is 0 Å². The zero-order valence-electron chi connectivity index (χ0n) is 10.3. The second kappa shape index (κ2) is 4.68. The average molecular weight is 220 g/mol. The van der Waals surface area contributed by atoms with Crippen LogP contribution in [0.2, 0.25) is 0 Å². The summed E-state index contributed by atoms with van der Waals surface area (Å²) in [5.74, 6) is 2.78. The van der Waals surface area contributed by atoms with Crippen LogP contribution in [-0.2, 0) is 0 Å². The summed E-state index contributed by atoms with van der Waals surface area (Å²) in [7, 11) is 1.88. The van der Waals surface area contributed by atoms with E-state index in [4.69, 9.17) is 0 Å². The van der Waals surface area contributed by atoms with E-state index in [1.165, 1.54) is 12.8 Å². The maximum absolute atomic E-state index is 4.36. The fourth-order valence-electron chi connectivity index (χ4n) is 1.79. The first-order valence-electron chi connectivity index (χ1n) is 5.97. The fraction of sp³-hybridized carbons (Fsp3) is 0.667. The lowest BCUT2D eigenvalue weighted by Crippen LogP contribution is -2.33. The van der Waals surface area contributed by atoms with Crippen molar-refractivity contribution in [2.75, 3.05) is 23.8 Å². The Morgan fingerprint density at radius 2 is 2.19 bits per heavy atom. The molecule has 0 atom stereocenters. The van der Waals surface area contributed by atoms with Crippen LogP contribution < -0.4 is 10.2 Å². The summed E-state index contributed by atoms with van der Waals surface area (Å²) in [5, 5.41) is 3.05. The minimum absolute atomic E-state index is 0.486. The van der Waals surface area contributed by atoms with Gasteiger partial charge in [0.1, 0.15) is 18.0 Å². The number of hydrogen-bond acceptors (Lipinski definition) is 4. The molecule has 1 fully saturated rings. The molecule has 4 nitrogen and oxygen atoms in total. The molecule has 1 aliphatic rings. The van der Waals surface area contributed by atoms with Crippen molar-refractivity contribution in [3.63, 3.8) is 0 Å². The Bertz CT molecular complexity index is 347. The van der Waals surface area contributed by atoms with Gasteiger partial charge >= 0.3 is 0 Å². The first-order valence-corrected chi connectivity index (χ1v) is 5.97. The molecule has 0 unspecified atom stereocenters. The first-order chi connectivity index (χ1) is 7.70. The number of anilines is 2. The summed E-state index contributed by atoms with van der Waals surface area (Å²) in [4.78, 5) is 10.9. The number of hydrogen-bond donors (Lipinski definition) is 1. The molecule has 4 heteroatoms. The smallest absolute Gasteiger partial charge is 0.134 e. The zero-order chi connectivity index (χ0) is 11.5. The van der Waals surface area contributed by atoms with Crippen molar-refractivity contribution in [3.8, 4) is 0 Å². The molecule has 0 aromatic carbocycles. The number of aromatic nitrogens is 2. The standard InChI is InChI=1S/C12H20N4/c1-9(2)16(7-10-4-5-10)12-6-11(13-3)14-8-15-12/h6,8-10H,4-5,7H2,1-3H3,(H,13,14,15). The zero-order valence-corrected chi connectivity index (χ0v) is 10.3.